The van der Waals surface area contributed by atoms with Crippen molar-refractivity contribution in [3.8, 4) is 0 Å². The molecule has 5 nitrogen and oxygen atoms in total. The maximum absolute atomic E-state index is 11.3. The number of hydrogen-bond acceptors (Lipinski definition) is 5. The molecule has 0 saturated carbocycles. The number of rotatable bonds is 6. The van der Waals surface area contributed by atoms with Crippen LogP contribution in [0.2, 0.25) is 0 Å². The summed E-state index contributed by atoms with van der Waals surface area (Å²) in [4.78, 5) is 15.7. The van der Waals surface area contributed by atoms with Gasteiger partial charge in [-0.3, -0.25) is 14.6 Å². The Morgan fingerprint density at radius 1 is 1.22 bits per heavy atom. The van der Waals surface area contributed by atoms with Crippen molar-refractivity contribution >= 4 is 5.97 Å². The summed E-state index contributed by atoms with van der Waals surface area (Å²) in [6, 6.07) is 8.62. The lowest BCUT2D eigenvalue weighted by molar-refractivity contribution is -0.141. The van der Waals surface area contributed by atoms with Crippen molar-refractivity contribution in [2.45, 2.75) is 39.1 Å². The minimum atomic E-state index is -0.209. The van der Waals surface area contributed by atoms with Crippen molar-refractivity contribution in [2.75, 3.05) is 33.8 Å². The van der Waals surface area contributed by atoms with Gasteiger partial charge in [-0.25, -0.2) is 0 Å². The molecule has 0 aromatic heterocycles. The number of nitrogens with zero attached hydrogens (tertiary/aromatic N) is 2. The van der Waals surface area contributed by atoms with Crippen molar-refractivity contribution in [3.05, 3.63) is 35.4 Å². The maximum Gasteiger partial charge on any atom is 0.319 e. The van der Waals surface area contributed by atoms with E-state index in [1.54, 1.807) is 0 Å². The number of carbonyl (C=O) groups is 1. The molecule has 0 amide bonds. The van der Waals surface area contributed by atoms with Gasteiger partial charge in [-0.2, -0.15) is 0 Å². The van der Waals surface area contributed by atoms with Gasteiger partial charge in [-0.05, 0) is 32.0 Å². The summed E-state index contributed by atoms with van der Waals surface area (Å²) < 4.78 is 10.5. The van der Waals surface area contributed by atoms with Crippen LogP contribution in [0.3, 0.4) is 0 Å². The van der Waals surface area contributed by atoms with Crippen LogP contribution in [0, 0.1) is 0 Å². The quantitative estimate of drug-likeness (QED) is 0.749. The first-order valence-corrected chi connectivity index (χ1v) is 8.17. The third-order valence-electron chi connectivity index (χ3n) is 4.00. The zero-order valence-electron chi connectivity index (χ0n) is 14.6. The SMILES string of the molecule is COC(=O)CN(C)Cc1ccc(CN2C[C@@H](C)O[C@@H](C)C2)cc1. The van der Waals surface area contributed by atoms with E-state index in [-0.39, 0.29) is 5.97 Å². The van der Waals surface area contributed by atoms with E-state index in [1.165, 1.54) is 18.2 Å². The molecule has 128 valence electrons. The summed E-state index contributed by atoms with van der Waals surface area (Å²) in [7, 11) is 3.33. The van der Waals surface area contributed by atoms with Crippen molar-refractivity contribution in [1.29, 1.82) is 0 Å². The number of hydrogen-bond donors (Lipinski definition) is 0. The van der Waals surface area contributed by atoms with Gasteiger partial charge in [0.15, 0.2) is 0 Å². The van der Waals surface area contributed by atoms with Gasteiger partial charge < -0.3 is 9.47 Å². The van der Waals surface area contributed by atoms with Crippen LogP contribution in [0.4, 0.5) is 0 Å². The van der Waals surface area contributed by atoms with Crippen LogP contribution in [0.5, 0.6) is 0 Å². The van der Waals surface area contributed by atoms with Gasteiger partial charge in [0.25, 0.3) is 0 Å². The van der Waals surface area contributed by atoms with Crippen LogP contribution >= 0.6 is 0 Å². The molecular formula is C18H28N2O3. The van der Waals surface area contributed by atoms with E-state index in [0.717, 1.165) is 26.2 Å². The third-order valence-corrected chi connectivity index (χ3v) is 4.00. The van der Waals surface area contributed by atoms with Crippen molar-refractivity contribution in [3.63, 3.8) is 0 Å². The molecule has 1 aromatic rings. The summed E-state index contributed by atoms with van der Waals surface area (Å²) >= 11 is 0. The van der Waals surface area contributed by atoms with Gasteiger partial charge in [0.1, 0.15) is 0 Å². The van der Waals surface area contributed by atoms with Gasteiger partial charge in [0.05, 0.1) is 25.9 Å². The van der Waals surface area contributed by atoms with Crippen LogP contribution < -0.4 is 0 Å². The van der Waals surface area contributed by atoms with Crippen LogP contribution in [-0.2, 0) is 27.4 Å². The van der Waals surface area contributed by atoms with Gasteiger partial charge in [-0.15, -0.1) is 0 Å². The zero-order chi connectivity index (χ0) is 16.8. The third kappa shape index (κ3) is 5.94. The normalized spacial score (nSPS) is 22.3. The second-order valence-corrected chi connectivity index (χ2v) is 6.52. The molecule has 0 aliphatic carbocycles. The highest BCUT2D eigenvalue weighted by Crippen LogP contribution is 2.15. The van der Waals surface area contributed by atoms with E-state index in [4.69, 9.17) is 4.74 Å². The second-order valence-electron chi connectivity index (χ2n) is 6.52. The monoisotopic (exact) mass is 320 g/mol. The lowest BCUT2D eigenvalue weighted by Gasteiger charge is -2.35. The van der Waals surface area contributed by atoms with Crippen LogP contribution in [0.25, 0.3) is 0 Å². The van der Waals surface area contributed by atoms with E-state index >= 15 is 0 Å². The minimum absolute atomic E-state index is 0.209. The van der Waals surface area contributed by atoms with Gasteiger partial charge >= 0.3 is 5.97 Å². The van der Waals surface area contributed by atoms with Crippen molar-refractivity contribution in [2.24, 2.45) is 0 Å². The first-order valence-electron chi connectivity index (χ1n) is 8.17. The van der Waals surface area contributed by atoms with Crippen LogP contribution in [-0.4, -0.2) is 61.8 Å². The lowest BCUT2D eigenvalue weighted by atomic mass is 10.1. The van der Waals surface area contributed by atoms with Gasteiger partial charge in [-0.1, -0.05) is 24.3 Å². The molecule has 2 rings (SSSR count). The van der Waals surface area contributed by atoms with Crippen LogP contribution in [0.1, 0.15) is 25.0 Å². The average Bonchev–Trinajstić information content (AvgIpc) is 2.48. The second kappa shape index (κ2) is 8.43. The Labute approximate surface area is 139 Å². The molecule has 2 atom stereocenters. The summed E-state index contributed by atoms with van der Waals surface area (Å²) in [6.07, 6.45) is 0.593. The smallest absolute Gasteiger partial charge is 0.319 e. The number of likely N-dealkylation sites (N-methyl/N-ethyl adjacent to an activating group) is 1. The zero-order valence-corrected chi connectivity index (χ0v) is 14.6. The topological polar surface area (TPSA) is 42.0 Å². The molecular weight excluding hydrogens is 292 g/mol. The molecule has 1 saturated heterocycles. The number of ether oxygens (including phenoxy) is 2. The molecule has 0 radical (unpaired) electrons. The van der Waals surface area contributed by atoms with E-state index in [2.05, 4.69) is 47.7 Å². The number of carbonyl (C=O) groups excluding carboxylic acids is 1. The predicted molar refractivity (Wildman–Crippen MR) is 90.1 cm³/mol. The fourth-order valence-corrected chi connectivity index (χ4v) is 3.07. The Morgan fingerprint density at radius 2 is 1.78 bits per heavy atom. The Morgan fingerprint density at radius 3 is 2.35 bits per heavy atom. The highest BCUT2D eigenvalue weighted by Gasteiger charge is 2.21. The Hall–Kier alpha value is -1.43. The lowest BCUT2D eigenvalue weighted by Crippen LogP contribution is -2.44. The summed E-state index contributed by atoms with van der Waals surface area (Å²) in [5.74, 6) is -0.209. The molecule has 0 unspecified atom stereocenters. The molecule has 5 heteroatoms. The predicted octanol–water partition coefficient (Wildman–Crippen LogP) is 1.90. The molecule has 1 heterocycles. The molecule has 0 spiro atoms. The standard InChI is InChI=1S/C18H28N2O3/c1-14-9-20(10-15(2)23-14)12-17-7-5-16(6-8-17)11-19(3)13-18(21)22-4/h5-8,14-15H,9-13H2,1-4H3/t14-,15+. The first kappa shape index (κ1) is 17.9. The van der Waals surface area contributed by atoms with Crippen molar-refractivity contribution in [1.82, 2.24) is 9.80 Å². The highest BCUT2D eigenvalue weighted by atomic mass is 16.5. The molecule has 0 N–H and O–H groups in total. The average molecular weight is 320 g/mol. The van der Waals surface area contributed by atoms with E-state index in [9.17, 15) is 4.79 Å². The van der Waals surface area contributed by atoms with Gasteiger partial charge in [0.2, 0.25) is 0 Å². The fraction of sp³-hybridized carbons (Fsp3) is 0.611. The molecule has 0 bridgehead atoms. The largest absolute Gasteiger partial charge is 0.468 e. The Bertz CT molecular complexity index is 493. The number of morpholine rings is 1. The summed E-state index contributed by atoms with van der Waals surface area (Å²) in [6.45, 7) is 8.22. The number of esters is 1. The van der Waals surface area contributed by atoms with E-state index < -0.39 is 0 Å². The summed E-state index contributed by atoms with van der Waals surface area (Å²) in [5.41, 5.74) is 2.51. The van der Waals surface area contributed by atoms with Crippen molar-refractivity contribution < 1.29 is 14.3 Å². The molecule has 23 heavy (non-hydrogen) atoms. The molecule has 1 aliphatic rings. The highest BCUT2D eigenvalue weighted by molar-refractivity contribution is 5.71. The first-order chi connectivity index (χ1) is 11.0. The van der Waals surface area contributed by atoms with E-state index in [0.29, 0.717) is 18.8 Å². The molecule has 1 aromatic carbocycles. The Kier molecular flexibility index (Phi) is 6.57. The number of benzene rings is 1. The van der Waals surface area contributed by atoms with Gasteiger partial charge in [0, 0.05) is 26.2 Å². The Balaban J connectivity index is 1.85. The fourth-order valence-electron chi connectivity index (χ4n) is 3.07. The molecule has 1 aliphatic heterocycles. The number of methoxy groups -OCH3 is 1. The molecule has 1 fully saturated rings. The summed E-state index contributed by atoms with van der Waals surface area (Å²) in [5, 5.41) is 0. The van der Waals surface area contributed by atoms with Crippen LogP contribution in [0.15, 0.2) is 24.3 Å². The maximum atomic E-state index is 11.3. The minimum Gasteiger partial charge on any atom is -0.468 e. The van der Waals surface area contributed by atoms with E-state index in [1.807, 2.05) is 11.9 Å².